The molecule has 0 saturated carbocycles. The summed E-state index contributed by atoms with van der Waals surface area (Å²) in [6.07, 6.45) is 0. The third-order valence-electron chi connectivity index (χ3n) is 2.27. The Kier molecular flexibility index (Phi) is 3.31. The van der Waals surface area contributed by atoms with Gasteiger partial charge in [0.2, 0.25) is 0 Å². The van der Waals surface area contributed by atoms with Crippen LogP contribution in [0.25, 0.3) is 10.9 Å². The first-order valence-corrected chi connectivity index (χ1v) is 6.01. The number of anilines is 1. The Morgan fingerprint density at radius 3 is 2.94 bits per heavy atom. The minimum atomic E-state index is 0.159. The van der Waals surface area contributed by atoms with Crippen LogP contribution in [0.15, 0.2) is 35.4 Å². The number of hydrogen-bond acceptors (Lipinski definition) is 4. The van der Waals surface area contributed by atoms with Gasteiger partial charge < -0.3 is 10.8 Å². The van der Waals surface area contributed by atoms with E-state index in [9.17, 15) is 0 Å². The molecule has 2 rings (SSSR count). The molecule has 1 aromatic heterocycles. The van der Waals surface area contributed by atoms with E-state index in [1.54, 1.807) is 11.8 Å². The molecule has 4 heteroatoms. The van der Waals surface area contributed by atoms with Crippen LogP contribution in [0.3, 0.4) is 0 Å². The first-order valence-electron chi connectivity index (χ1n) is 5.13. The Labute approximate surface area is 98.7 Å². The second kappa shape index (κ2) is 4.72. The van der Waals surface area contributed by atoms with Gasteiger partial charge in [-0.25, -0.2) is 4.98 Å². The standard InChI is InChI=1S/C12H14N2OS/c1-8(7-15)16-12-5-2-9-6-10(13)3-4-11(9)14-12/h2-6,8,15H,7,13H2,1H3. The maximum atomic E-state index is 8.98. The maximum Gasteiger partial charge on any atom is 0.0971 e. The molecule has 0 bridgehead atoms. The van der Waals surface area contributed by atoms with Crippen molar-refractivity contribution in [2.75, 3.05) is 12.3 Å². The lowest BCUT2D eigenvalue weighted by atomic mass is 10.2. The SMILES string of the molecule is CC(CO)Sc1ccc2cc(N)ccc2n1. The van der Waals surface area contributed by atoms with Crippen molar-refractivity contribution in [2.45, 2.75) is 17.2 Å². The summed E-state index contributed by atoms with van der Waals surface area (Å²) in [6.45, 7) is 2.13. The number of thioether (sulfide) groups is 1. The minimum Gasteiger partial charge on any atom is -0.399 e. The lowest BCUT2D eigenvalue weighted by molar-refractivity contribution is 0.300. The molecule has 1 atom stereocenters. The lowest BCUT2D eigenvalue weighted by Crippen LogP contribution is -2.02. The third-order valence-corrected chi connectivity index (χ3v) is 3.29. The number of pyridine rings is 1. The Balaban J connectivity index is 2.33. The summed E-state index contributed by atoms with van der Waals surface area (Å²) in [5.74, 6) is 0. The van der Waals surface area contributed by atoms with Crippen molar-refractivity contribution in [1.82, 2.24) is 4.98 Å². The first-order chi connectivity index (χ1) is 7.69. The van der Waals surface area contributed by atoms with Gasteiger partial charge in [-0.1, -0.05) is 13.0 Å². The van der Waals surface area contributed by atoms with Crippen LogP contribution in [0.2, 0.25) is 0 Å². The topological polar surface area (TPSA) is 59.1 Å². The van der Waals surface area contributed by atoms with E-state index in [-0.39, 0.29) is 11.9 Å². The van der Waals surface area contributed by atoms with Crippen LogP contribution >= 0.6 is 11.8 Å². The van der Waals surface area contributed by atoms with Crippen LogP contribution in [0.1, 0.15) is 6.92 Å². The highest BCUT2D eigenvalue weighted by Crippen LogP contribution is 2.24. The van der Waals surface area contributed by atoms with Crippen molar-refractivity contribution in [3.8, 4) is 0 Å². The number of aliphatic hydroxyl groups is 1. The van der Waals surface area contributed by atoms with Crippen molar-refractivity contribution in [2.24, 2.45) is 0 Å². The van der Waals surface area contributed by atoms with Crippen molar-refractivity contribution in [3.05, 3.63) is 30.3 Å². The van der Waals surface area contributed by atoms with E-state index in [2.05, 4.69) is 4.98 Å². The highest BCUT2D eigenvalue weighted by atomic mass is 32.2. The molecule has 1 heterocycles. The summed E-state index contributed by atoms with van der Waals surface area (Å²) >= 11 is 1.57. The first kappa shape index (κ1) is 11.2. The number of aliphatic hydroxyl groups excluding tert-OH is 1. The van der Waals surface area contributed by atoms with E-state index in [0.29, 0.717) is 0 Å². The molecule has 0 aliphatic heterocycles. The van der Waals surface area contributed by atoms with Crippen LogP contribution in [0.4, 0.5) is 5.69 Å². The van der Waals surface area contributed by atoms with Gasteiger partial charge in [0.25, 0.3) is 0 Å². The highest BCUT2D eigenvalue weighted by molar-refractivity contribution is 7.99. The van der Waals surface area contributed by atoms with Gasteiger partial charge in [0.1, 0.15) is 0 Å². The normalized spacial score (nSPS) is 12.9. The molecule has 16 heavy (non-hydrogen) atoms. The van der Waals surface area contributed by atoms with E-state index in [1.165, 1.54) is 0 Å². The number of fused-ring (bicyclic) bond motifs is 1. The number of aromatic nitrogens is 1. The fraction of sp³-hybridized carbons (Fsp3) is 0.250. The molecule has 2 aromatic rings. The Morgan fingerprint density at radius 2 is 2.19 bits per heavy atom. The van der Waals surface area contributed by atoms with Gasteiger partial charge in [0, 0.05) is 16.3 Å². The second-order valence-corrected chi connectivity index (χ2v) is 5.17. The largest absolute Gasteiger partial charge is 0.399 e. The lowest BCUT2D eigenvalue weighted by Gasteiger charge is -2.07. The molecule has 1 unspecified atom stereocenters. The van der Waals surface area contributed by atoms with Crippen LogP contribution in [0.5, 0.6) is 0 Å². The summed E-state index contributed by atoms with van der Waals surface area (Å²) in [5.41, 5.74) is 7.38. The Bertz CT molecular complexity index is 501. The van der Waals surface area contributed by atoms with E-state index in [4.69, 9.17) is 10.8 Å². The molecule has 3 N–H and O–H groups in total. The summed E-state index contributed by atoms with van der Waals surface area (Å²) in [5, 5.41) is 11.1. The van der Waals surface area contributed by atoms with E-state index in [1.807, 2.05) is 37.3 Å². The average Bonchev–Trinajstić information content (AvgIpc) is 2.29. The zero-order valence-electron chi connectivity index (χ0n) is 9.05. The van der Waals surface area contributed by atoms with Gasteiger partial charge in [-0.05, 0) is 24.3 Å². The predicted molar refractivity (Wildman–Crippen MR) is 68.6 cm³/mol. The molecule has 84 valence electrons. The van der Waals surface area contributed by atoms with Gasteiger partial charge in [-0.3, -0.25) is 0 Å². The average molecular weight is 234 g/mol. The molecular formula is C12H14N2OS. The Hall–Kier alpha value is -1.26. The summed E-state index contributed by atoms with van der Waals surface area (Å²) < 4.78 is 0. The Morgan fingerprint density at radius 1 is 1.38 bits per heavy atom. The van der Waals surface area contributed by atoms with Crippen molar-refractivity contribution in [3.63, 3.8) is 0 Å². The van der Waals surface area contributed by atoms with E-state index in [0.717, 1.165) is 21.6 Å². The molecule has 0 spiro atoms. The molecule has 0 amide bonds. The smallest absolute Gasteiger partial charge is 0.0971 e. The van der Waals surface area contributed by atoms with Crippen LogP contribution in [-0.4, -0.2) is 21.9 Å². The highest BCUT2D eigenvalue weighted by Gasteiger charge is 2.04. The fourth-order valence-electron chi connectivity index (χ4n) is 1.43. The van der Waals surface area contributed by atoms with Gasteiger partial charge in [0.05, 0.1) is 17.1 Å². The molecule has 0 saturated heterocycles. The van der Waals surface area contributed by atoms with Crippen LogP contribution in [-0.2, 0) is 0 Å². The van der Waals surface area contributed by atoms with Gasteiger partial charge in [-0.15, -0.1) is 11.8 Å². The van der Waals surface area contributed by atoms with Gasteiger partial charge in [0.15, 0.2) is 0 Å². The number of hydrogen-bond donors (Lipinski definition) is 2. The monoisotopic (exact) mass is 234 g/mol. The van der Waals surface area contributed by atoms with Crippen LogP contribution < -0.4 is 5.73 Å². The second-order valence-electron chi connectivity index (χ2n) is 3.71. The fourth-order valence-corrected chi connectivity index (χ4v) is 2.22. The number of nitrogen functional groups attached to an aromatic ring is 1. The molecule has 3 nitrogen and oxygen atoms in total. The van der Waals surface area contributed by atoms with Crippen molar-refractivity contribution >= 4 is 28.4 Å². The van der Waals surface area contributed by atoms with E-state index < -0.39 is 0 Å². The molecule has 0 aliphatic carbocycles. The van der Waals surface area contributed by atoms with Gasteiger partial charge >= 0.3 is 0 Å². The molecule has 1 aromatic carbocycles. The maximum absolute atomic E-state index is 8.98. The van der Waals surface area contributed by atoms with Crippen molar-refractivity contribution in [1.29, 1.82) is 0 Å². The van der Waals surface area contributed by atoms with Gasteiger partial charge in [-0.2, -0.15) is 0 Å². The zero-order chi connectivity index (χ0) is 11.5. The number of nitrogens with zero attached hydrogens (tertiary/aromatic N) is 1. The molecule has 0 radical (unpaired) electrons. The summed E-state index contributed by atoms with van der Waals surface area (Å²) in [6, 6.07) is 9.63. The van der Waals surface area contributed by atoms with E-state index >= 15 is 0 Å². The summed E-state index contributed by atoms with van der Waals surface area (Å²) in [7, 11) is 0. The minimum absolute atomic E-state index is 0.159. The molecule has 0 fully saturated rings. The predicted octanol–water partition coefficient (Wildman–Crippen LogP) is 2.29. The van der Waals surface area contributed by atoms with Crippen molar-refractivity contribution < 1.29 is 5.11 Å². The summed E-state index contributed by atoms with van der Waals surface area (Å²) in [4.78, 5) is 4.50. The quantitative estimate of drug-likeness (QED) is 0.632. The number of benzene rings is 1. The third kappa shape index (κ3) is 2.46. The molecular weight excluding hydrogens is 220 g/mol. The molecule has 0 aliphatic rings. The zero-order valence-corrected chi connectivity index (χ0v) is 9.87. The van der Waals surface area contributed by atoms with Crippen LogP contribution in [0, 0.1) is 0 Å². The number of rotatable bonds is 3. The number of nitrogens with two attached hydrogens (primary N) is 1.